The van der Waals surface area contributed by atoms with Crippen LogP contribution in [0.3, 0.4) is 0 Å². The molecule has 1 N–H and O–H groups in total. The standard InChI is InChI=1S/C29H37N3O4S2/c1-3-5-6-12-27(33)31-38(35,36)25-11-8-7-10-24(25)23-15-13-22(14-16-23)21-32-26(9-4-2)30-29(28(32)34)17-19-37-20-18-29/h7-8,10-11,13-16H,3-6,9,12,17-21H2,1-2H3,(H,31,33). The van der Waals surface area contributed by atoms with E-state index in [2.05, 4.69) is 11.6 Å². The van der Waals surface area contributed by atoms with Crippen LogP contribution in [0.4, 0.5) is 0 Å². The second kappa shape index (κ2) is 12.5. The molecule has 1 fully saturated rings. The summed E-state index contributed by atoms with van der Waals surface area (Å²) in [5.74, 6) is 2.41. The largest absolute Gasteiger partial charge is 0.294 e. The number of carbonyl (C=O) groups excluding carboxylic acids is 2. The zero-order valence-corrected chi connectivity index (χ0v) is 23.9. The summed E-state index contributed by atoms with van der Waals surface area (Å²) in [5, 5.41) is 0. The van der Waals surface area contributed by atoms with Crippen LogP contribution in [0, 0.1) is 0 Å². The maximum atomic E-state index is 13.5. The highest BCUT2D eigenvalue weighted by atomic mass is 32.2. The molecule has 2 heterocycles. The number of amides is 2. The van der Waals surface area contributed by atoms with E-state index in [0.717, 1.165) is 67.0 Å². The third-order valence-electron chi connectivity index (χ3n) is 7.13. The van der Waals surface area contributed by atoms with Crippen molar-refractivity contribution in [3.05, 3.63) is 54.1 Å². The summed E-state index contributed by atoms with van der Waals surface area (Å²) in [6, 6.07) is 14.3. The van der Waals surface area contributed by atoms with E-state index in [1.54, 1.807) is 18.2 Å². The lowest BCUT2D eigenvalue weighted by Gasteiger charge is -2.29. The number of hydrogen-bond donors (Lipinski definition) is 1. The highest BCUT2D eigenvalue weighted by Crippen LogP contribution is 2.38. The Bertz CT molecular complexity index is 1280. The molecule has 2 aromatic rings. The number of nitrogens with zero attached hydrogens (tertiary/aromatic N) is 2. The van der Waals surface area contributed by atoms with Crippen molar-refractivity contribution >= 4 is 39.4 Å². The third kappa shape index (κ3) is 6.31. The van der Waals surface area contributed by atoms with Crippen molar-refractivity contribution in [2.45, 2.75) is 82.2 Å². The molecule has 2 amide bonds. The van der Waals surface area contributed by atoms with E-state index in [-0.39, 0.29) is 17.2 Å². The van der Waals surface area contributed by atoms with Gasteiger partial charge in [-0.2, -0.15) is 11.8 Å². The minimum Gasteiger partial charge on any atom is -0.294 e. The van der Waals surface area contributed by atoms with Crippen molar-refractivity contribution in [2.75, 3.05) is 11.5 Å². The molecule has 0 aliphatic carbocycles. The Morgan fingerprint density at radius 3 is 2.42 bits per heavy atom. The molecular formula is C29H37N3O4S2. The van der Waals surface area contributed by atoms with Crippen molar-refractivity contribution in [2.24, 2.45) is 4.99 Å². The Morgan fingerprint density at radius 2 is 1.74 bits per heavy atom. The van der Waals surface area contributed by atoms with Crippen LogP contribution in [-0.2, 0) is 26.2 Å². The minimum atomic E-state index is -4.01. The molecule has 2 aliphatic rings. The maximum Gasteiger partial charge on any atom is 0.264 e. The van der Waals surface area contributed by atoms with Crippen LogP contribution in [0.25, 0.3) is 11.1 Å². The normalized spacial score (nSPS) is 17.1. The monoisotopic (exact) mass is 555 g/mol. The molecule has 1 spiro atoms. The Labute approximate surface area is 230 Å². The fraction of sp³-hybridized carbons (Fsp3) is 0.483. The predicted molar refractivity (Wildman–Crippen MR) is 154 cm³/mol. The van der Waals surface area contributed by atoms with Crippen LogP contribution in [-0.4, -0.2) is 48.0 Å². The molecule has 2 aliphatic heterocycles. The number of amidine groups is 1. The molecule has 4 rings (SSSR count). The molecule has 0 atom stereocenters. The highest BCUT2D eigenvalue weighted by molar-refractivity contribution is 7.99. The summed E-state index contributed by atoms with van der Waals surface area (Å²) in [6.07, 6.45) is 5.96. The highest BCUT2D eigenvalue weighted by Gasteiger charge is 2.48. The third-order valence-corrected chi connectivity index (χ3v) is 9.55. The molecule has 0 saturated carbocycles. The van der Waals surface area contributed by atoms with E-state index in [4.69, 9.17) is 4.99 Å². The van der Waals surface area contributed by atoms with E-state index < -0.39 is 21.5 Å². The molecule has 0 bridgehead atoms. The fourth-order valence-electron chi connectivity index (χ4n) is 5.04. The Morgan fingerprint density at radius 1 is 1.03 bits per heavy atom. The molecule has 38 heavy (non-hydrogen) atoms. The van der Waals surface area contributed by atoms with Crippen LogP contribution < -0.4 is 4.72 Å². The molecule has 0 unspecified atom stereocenters. The van der Waals surface area contributed by atoms with Gasteiger partial charge >= 0.3 is 0 Å². The van der Waals surface area contributed by atoms with Gasteiger partial charge in [-0.3, -0.25) is 19.5 Å². The molecule has 0 radical (unpaired) electrons. The van der Waals surface area contributed by atoms with E-state index in [1.165, 1.54) is 6.07 Å². The van der Waals surface area contributed by atoms with E-state index in [9.17, 15) is 18.0 Å². The second-order valence-corrected chi connectivity index (χ2v) is 12.9. The van der Waals surface area contributed by atoms with Crippen LogP contribution in [0.5, 0.6) is 0 Å². The van der Waals surface area contributed by atoms with Crippen molar-refractivity contribution in [1.82, 2.24) is 9.62 Å². The van der Waals surface area contributed by atoms with Crippen molar-refractivity contribution in [3.63, 3.8) is 0 Å². The van der Waals surface area contributed by atoms with Gasteiger partial charge in [-0.25, -0.2) is 13.1 Å². The average molecular weight is 556 g/mol. The van der Waals surface area contributed by atoms with Gasteiger partial charge in [0.2, 0.25) is 5.91 Å². The fourth-order valence-corrected chi connectivity index (χ4v) is 7.45. The van der Waals surface area contributed by atoms with Crippen molar-refractivity contribution in [1.29, 1.82) is 0 Å². The van der Waals surface area contributed by atoms with Gasteiger partial charge in [0.05, 0.1) is 11.4 Å². The molecule has 2 aromatic carbocycles. The maximum absolute atomic E-state index is 13.5. The summed E-state index contributed by atoms with van der Waals surface area (Å²) in [4.78, 5) is 32.6. The number of carbonyl (C=O) groups is 2. The zero-order valence-electron chi connectivity index (χ0n) is 22.2. The number of unbranched alkanes of at least 4 members (excludes halogenated alkanes) is 2. The minimum absolute atomic E-state index is 0.0702. The van der Waals surface area contributed by atoms with Crippen LogP contribution >= 0.6 is 11.8 Å². The summed E-state index contributed by atoms with van der Waals surface area (Å²) in [6.45, 7) is 4.57. The summed E-state index contributed by atoms with van der Waals surface area (Å²) < 4.78 is 28.3. The first-order valence-electron chi connectivity index (χ1n) is 13.5. The topological polar surface area (TPSA) is 95.9 Å². The number of benzene rings is 2. The zero-order chi connectivity index (χ0) is 27.2. The van der Waals surface area contributed by atoms with Gasteiger partial charge in [0.15, 0.2) is 0 Å². The van der Waals surface area contributed by atoms with Crippen LogP contribution in [0.1, 0.15) is 70.8 Å². The van der Waals surface area contributed by atoms with Crippen LogP contribution in [0.2, 0.25) is 0 Å². The number of rotatable bonds is 11. The Balaban J connectivity index is 1.52. The van der Waals surface area contributed by atoms with Gasteiger partial charge in [0, 0.05) is 18.4 Å². The number of aliphatic imine (C=N–C) groups is 1. The Hall–Kier alpha value is -2.65. The molecule has 0 aromatic heterocycles. The van der Waals surface area contributed by atoms with Crippen molar-refractivity contribution in [3.8, 4) is 11.1 Å². The summed E-state index contributed by atoms with van der Waals surface area (Å²) >= 11 is 1.88. The lowest BCUT2D eigenvalue weighted by Crippen LogP contribution is -2.44. The predicted octanol–water partition coefficient (Wildman–Crippen LogP) is 5.55. The van der Waals surface area contributed by atoms with Gasteiger partial charge in [0.1, 0.15) is 11.4 Å². The lowest BCUT2D eigenvalue weighted by molar-refractivity contribution is -0.131. The van der Waals surface area contributed by atoms with Crippen LogP contribution in [0.15, 0.2) is 58.4 Å². The molecule has 204 valence electrons. The lowest BCUT2D eigenvalue weighted by atomic mass is 9.92. The van der Waals surface area contributed by atoms with E-state index in [1.807, 2.05) is 47.9 Å². The van der Waals surface area contributed by atoms with Gasteiger partial charge in [-0.1, -0.05) is 69.2 Å². The first-order chi connectivity index (χ1) is 18.3. The van der Waals surface area contributed by atoms with Gasteiger partial charge in [0.25, 0.3) is 15.9 Å². The van der Waals surface area contributed by atoms with Gasteiger partial charge < -0.3 is 0 Å². The van der Waals surface area contributed by atoms with Crippen molar-refractivity contribution < 1.29 is 18.0 Å². The number of hydrogen-bond acceptors (Lipinski definition) is 6. The number of thioether (sulfide) groups is 1. The average Bonchev–Trinajstić information content (AvgIpc) is 3.14. The number of sulfonamides is 1. The Kier molecular flexibility index (Phi) is 9.31. The number of nitrogens with one attached hydrogen (secondary N) is 1. The second-order valence-electron chi connectivity index (χ2n) is 9.99. The van der Waals surface area contributed by atoms with E-state index in [0.29, 0.717) is 18.5 Å². The van der Waals surface area contributed by atoms with E-state index >= 15 is 0 Å². The molecule has 9 heteroatoms. The summed E-state index contributed by atoms with van der Waals surface area (Å²) in [7, 11) is -4.01. The quantitative estimate of drug-likeness (QED) is 0.367. The molecule has 7 nitrogen and oxygen atoms in total. The van der Waals surface area contributed by atoms with Gasteiger partial charge in [-0.05, 0) is 54.4 Å². The SMILES string of the molecule is CCCCCC(=O)NS(=O)(=O)c1ccccc1-c1ccc(CN2C(=O)C3(CCSCC3)N=C2CCC)cc1. The first kappa shape index (κ1) is 28.4. The summed E-state index contributed by atoms with van der Waals surface area (Å²) in [5.41, 5.74) is 1.61. The smallest absolute Gasteiger partial charge is 0.264 e. The first-order valence-corrected chi connectivity index (χ1v) is 16.2. The van der Waals surface area contributed by atoms with Gasteiger partial charge in [-0.15, -0.1) is 0 Å². The molecular weight excluding hydrogens is 518 g/mol. The molecule has 1 saturated heterocycles.